The van der Waals surface area contributed by atoms with Gasteiger partial charge in [0.15, 0.2) is 11.5 Å². The average Bonchev–Trinajstić information content (AvgIpc) is 2.48. The molecule has 0 bridgehead atoms. The van der Waals surface area contributed by atoms with Crippen LogP contribution in [-0.4, -0.2) is 12.2 Å². The van der Waals surface area contributed by atoms with Gasteiger partial charge in [-0.3, -0.25) is 0 Å². The van der Waals surface area contributed by atoms with E-state index in [-0.39, 0.29) is 17.8 Å². The second-order valence-electron chi connectivity index (χ2n) is 5.06. The van der Waals surface area contributed by atoms with Gasteiger partial charge in [0, 0.05) is 17.1 Å². The van der Waals surface area contributed by atoms with Gasteiger partial charge in [-0.1, -0.05) is 35.9 Å². The Kier molecular flexibility index (Phi) is 5.10. The predicted octanol–water partition coefficient (Wildman–Crippen LogP) is 4.47. The van der Waals surface area contributed by atoms with Gasteiger partial charge in [0.1, 0.15) is 0 Å². The predicted molar refractivity (Wildman–Crippen MR) is 86.1 cm³/mol. The van der Waals surface area contributed by atoms with Crippen LogP contribution in [0.1, 0.15) is 37.1 Å². The molecule has 0 radical (unpaired) electrons. The standard InChI is InChI=1S/C17H20ClNO2/c1-11(13-8-9-16(20)17(10-13)21-3)19-12(2)14-6-4-5-7-15(14)18/h4-12,19-20H,1-3H3. The second kappa shape index (κ2) is 6.83. The highest BCUT2D eigenvalue weighted by atomic mass is 35.5. The summed E-state index contributed by atoms with van der Waals surface area (Å²) in [6.07, 6.45) is 0. The zero-order chi connectivity index (χ0) is 15.4. The molecule has 0 aliphatic heterocycles. The number of rotatable bonds is 5. The van der Waals surface area contributed by atoms with E-state index in [0.717, 1.165) is 16.1 Å². The number of nitrogens with one attached hydrogen (secondary N) is 1. The smallest absolute Gasteiger partial charge is 0.160 e. The third-order valence-electron chi connectivity index (χ3n) is 3.58. The lowest BCUT2D eigenvalue weighted by molar-refractivity contribution is 0.371. The van der Waals surface area contributed by atoms with E-state index in [1.807, 2.05) is 36.4 Å². The fourth-order valence-electron chi connectivity index (χ4n) is 2.35. The highest BCUT2D eigenvalue weighted by Crippen LogP contribution is 2.30. The van der Waals surface area contributed by atoms with Crippen LogP contribution in [-0.2, 0) is 0 Å². The lowest BCUT2D eigenvalue weighted by Gasteiger charge is -2.22. The van der Waals surface area contributed by atoms with Gasteiger partial charge in [-0.15, -0.1) is 0 Å². The van der Waals surface area contributed by atoms with Gasteiger partial charge in [-0.25, -0.2) is 0 Å². The molecule has 0 aromatic heterocycles. The van der Waals surface area contributed by atoms with Crippen molar-refractivity contribution in [1.82, 2.24) is 5.32 Å². The lowest BCUT2D eigenvalue weighted by atomic mass is 10.0. The Morgan fingerprint density at radius 1 is 1.10 bits per heavy atom. The minimum atomic E-state index is 0.103. The molecule has 0 spiro atoms. The monoisotopic (exact) mass is 305 g/mol. The van der Waals surface area contributed by atoms with Crippen LogP contribution in [0.15, 0.2) is 42.5 Å². The highest BCUT2D eigenvalue weighted by Gasteiger charge is 2.14. The fraction of sp³-hybridized carbons (Fsp3) is 0.294. The molecular weight excluding hydrogens is 286 g/mol. The fourth-order valence-corrected chi connectivity index (χ4v) is 2.65. The molecule has 3 nitrogen and oxygen atoms in total. The number of hydrogen-bond donors (Lipinski definition) is 2. The SMILES string of the molecule is COc1cc(C(C)NC(C)c2ccccc2Cl)ccc1O. The van der Waals surface area contributed by atoms with Crippen molar-refractivity contribution >= 4 is 11.6 Å². The molecule has 0 aliphatic rings. The van der Waals surface area contributed by atoms with Crippen LogP contribution in [0.5, 0.6) is 11.5 Å². The van der Waals surface area contributed by atoms with Gasteiger partial charge in [-0.05, 0) is 43.2 Å². The molecule has 2 aromatic carbocycles. The average molecular weight is 306 g/mol. The minimum absolute atomic E-state index is 0.103. The molecule has 0 saturated carbocycles. The number of aromatic hydroxyl groups is 1. The van der Waals surface area contributed by atoms with Crippen LogP contribution in [0.25, 0.3) is 0 Å². The zero-order valence-electron chi connectivity index (χ0n) is 12.4. The van der Waals surface area contributed by atoms with Crippen molar-refractivity contribution in [2.45, 2.75) is 25.9 Å². The van der Waals surface area contributed by atoms with E-state index in [0.29, 0.717) is 5.75 Å². The summed E-state index contributed by atoms with van der Waals surface area (Å²) in [7, 11) is 1.54. The van der Waals surface area contributed by atoms with Crippen LogP contribution >= 0.6 is 11.6 Å². The van der Waals surface area contributed by atoms with Crippen LogP contribution < -0.4 is 10.1 Å². The summed E-state index contributed by atoms with van der Waals surface area (Å²) in [4.78, 5) is 0. The minimum Gasteiger partial charge on any atom is -0.504 e. The first-order chi connectivity index (χ1) is 10.0. The summed E-state index contributed by atoms with van der Waals surface area (Å²) in [5, 5.41) is 13.9. The van der Waals surface area contributed by atoms with Crippen LogP contribution in [0, 0.1) is 0 Å². The summed E-state index contributed by atoms with van der Waals surface area (Å²) < 4.78 is 5.15. The molecule has 2 aromatic rings. The van der Waals surface area contributed by atoms with E-state index >= 15 is 0 Å². The number of halogens is 1. The van der Waals surface area contributed by atoms with E-state index in [9.17, 15) is 5.11 Å². The van der Waals surface area contributed by atoms with Gasteiger partial charge in [-0.2, -0.15) is 0 Å². The third kappa shape index (κ3) is 3.69. The molecule has 2 N–H and O–H groups in total. The van der Waals surface area contributed by atoms with E-state index < -0.39 is 0 Å². The molecule has 21 heavy (non-hydrogen) atoms. The molecule has 0 heterocycles. The number of ether oxygens (including phenoxy) is 1. The summed E-state index contributed by atoms with van der Waals surface area (Å²) in [5.74, 6) is 0.624. The van der Waals surface area contributed by atoms with Gasteiger partial charge < -0.3 is 15.2 Å². The Balaban J connectivity index is 2.14. The summed E-state index contributed by atoms with van der Waals surface area (Å²) in [6, 6.07) is 13.4. The Labute approximate surface area is 130 Å². The second-order valence-corrected chi connectivity index (χ2v) is 5.47. The molecular formula is C17H20ClNO2. The van der Waals surface area contributed by atoms with E-state index in [2.05, 4.69) is 19.2 Å². The maximum absolute atomic E-state index is 9.65. The van der Waals surface area contributed by atoms with E-state index in [4.69, 9.17) is 16.3 Å². The van der Waals surface area contributed by atoms with E-state index in [1.165, 1.54) is 0 Å². The highest BCUT2D eigenvalue weighted by molar-refractivity contribution is 6.31. The number of hydrogen-bond acceptors (Lipinski definition) is 3. The molecule has 0 saturated heterocycles. The number of benzene rings is 2. The first kappa shape index (κ1) is 15.7. The molecule has 0 fully saturated rings. The lowest BCUT2D eigenvalue weighted by Crippen LogP contribution is -2.22. The van der Waals surface area contributed by atoms with Gasteiger partial charge in [0.05, 0.1) is 7.11 Å². The molecule has 0 amide bonds. The molecule has 4 heteroatoms. The molecule has 2 rings (SSSR count). The number of methoxy groups -OCH3 is 1. The summed E-state index contributed by atoms with van der Waals surface area (Å²) in [5.41, 5.74) is 2.11. The van der Waals surface area contributed by atoms with Crippen molar-refractivity contribution < 1.29 is 9.84 Å². The van der Waals surface area contributed by atoms with Crippen LogP contribution in [0.3, 0.4) is 0 Å². The van der Waals surface area contributed by atoms with Gasteiger partial charge in [0.25, 0.3) is 0 Å². The molecule has 0 aliphatic carbocycles. The van der Waals surface area contributed by atoms with Crippen molar-refractivity contribution in [2.75, 3.05) is 7.11 Å². The van der Waals surface area contributed by atoms with Crippen molar-refractivity contribution in [3.8, 4) is 11.5 Å². The van der Waals surface area contributed by atoms with Crippen molar-refractivity contribution in [3.63, 3.8) is 0 Å². The van der Waals surface area contributed by atoms with Gasteiger partial charge in [0.2, 0.25) is 0 Å². The van der Waals surface area contributed by atoms with Crippen LogP contribution in [0.4, 0.5) is 0 Å². The van der Waals surface area contributed by atoms with Crippen molar-refractivity contribution in [3.05, 3.63) is 58.6 Å². The quantitative estimate of drug-likeness (QED) is 0.856. The Morgan fingerprint density at radius 3 is 2.48 bits per heavy atom. The third-order valence-corrected chi connectivity index (χ3v) is 3.92. The maximum atomic E-state index is 9.65. The molecule has 112 valence electrons. The Bertz CT molecular complexity index is 615. The van der Waals surface area contributed by atoms with Crippen molar-refractivity contribution in [1.29, 1.82) is 0 Å². The Hall–Kier alpha value is -1.71. The summed E-state index contributed by atoms with van der Waals surface area (Å²) >= 11 is 6.22. The number of phenolic OH excluding ortho intramolecular Hbond substituents is 1. The van der Waals surface area contributed by atoms with Crippen LogP contribution in [0.2, 0.25) is 5.02 Å². The van der Waals surface area contributed by atoms with Gasteiger partial charge >= 0.3 is 0 Å². The Morgan fingerprint density at radius 2 is 1.81 bits per heavy atom. The van der Waals surface area contributed by atoms with Crippen molar-refractivity contribution in [2.24, 2.45) is 0 Å². The first-order valence-corrected chi connectivity index (χ1v) is 7.28. The number of phenols is 1. The zero-order valence-corrected chi connectivity index (χ0v) is 13.2. The van der Waals surface area contributed by atoms with E-state index in [1.54, 1.807) is 13.2 Å². The normalized spacial score (nSPS) is 13.7. The molecule has 2 atom stereocenters. The summed E-state index contributed by atoms with van der Waals surface area (Å²) in [6.45, 7) is 4.15. The largest absolute Gasteiger partial charge is 0.504 e. The first-order valence-electron chi connectivity index (χ1n) is 6.90. The maximum Gasteiger partial charge on any atom is 0.160 e. The topological polar surface area (TPSA) is 41.5 Å². The molecule has 2 unspecified atom stereocenters.